The van der Waals surface area contributed by atoms with E-state index in [1.54, 1.807) is 28.0 Å². The molecule has 1 N–H and O–H groups in total. The van der Waals surface area contributed by atoms with Crippen LogP contribution in [0, 0.1) is 5.82 Å². The van der Waals surface area contributed by atoms with Crippen molar-refractivity contribution in [3.8, 4) is 0 Å². The molecule has 3 amide bonds. The first kappa shape index (κ1) is 21.2. The zero-order valence-corrected chi connectivity index (χ0v) is 17.4. The van der Waals surface area contributed by atoms with Gasteiger partial charge >= 0.3 is 6.03 Å². The predicted molar refractivity (Wildman–Crippen MR) is 110 cm³/mol. The molecule has 0 spiro atoms. The molecule has 2 aromatic carbocycles. The number of nitrogens with zero attached hydrogens (tertiary/aromatic N) is 2. The van der Waals surface area contributed by atoms with Gasteiger partial charge in [-0.2, -0.15) is 0 Å². The standard InChI is InChI=1S/C21H22BrF2N3O2/c22-17-4-1-3-16(13-17)19(14-23)25-21(29)27-10-2-9-26(11-12-27)20(28)15-5-7-18(24)8-6-15/h1,3-8,13,19H,2,9-12,14H2,(H,25,29). The maximum atomic E-state index is 13.5. The van der Waals surface area contributed by atoms with Gasteiger partial charge in [0, 0.05) is 36.2 Å². The zero-order valence-electron chi connectivity index (χ0n) is 15.8. The predicted octanol–water partition coefficient (Wildman–Crippen LogP) is 4.16. The Labute approximate surface area is 176 Å². The molecule has 1 atom stereocenters. The number of hydrogen-bond donors (Lipinski definition) is 1. The van der Waals surface area contributed by atoms with Crippen molar-refractivity contribution in [2.45, 2.75) is 12.5 Å². The number of hydrogen-bond acceptors (Lipinski definition) is 2. The Balaban J connectivity index is 1.60. The van der Waals surface area contributed by atoms with E-state index >= 15 is 0 Å². The van der Waals surface area contributed by atoms with Crippen molar-refractivity contribution in [1.82, 2.24) is 15.1 Å². The lowest BCUT2D eigenvalue weighted by atomic mass is 10.1. The van der Waals surface area contributed by atoms with Crippen LogP contribution in [0.1, 0.15) is 28.4 Å². The molecule has 0 radical (unpaired) electrons. The number of nitrogens with one attached hydrogen (secondary N) is 1. The van der Waals surface area contributed by atoms with Gasteiger partial charge in [-0.25, -0.2) is 13.6 Å². The second-order valence-corrected chi connectivity index (χ2v) is 7.77. The third kappa shape index (κ3) is 5.53. The molecule has 0 saturated carbocycles. The Morgan fingerprint density at radius 1 is 1.03 bits per heavy atom. The lowest BCUT2D eigenvalue weighted by molar-refractivity contribution is 0.0762. The summed E-state index contributed by atoms with van der Waals surface area (Å²) in [5.41, 5.74) is 1.09. The zero-order chi connectivity index (χ0) is 20.8. The van der Waals surface area contributed by atoms with E-state index in [1.165, 1.54) is 24.3 Å². The average molecular weight is 466 g/mol. The van der Waals surface area contributed by atoms with Gasteiger partial charge in [-0.3, -0.25) is 4.79 Å². The smallest absolute Gasteiger partial charge is 0.318 e. The van der Waals surface area contributed by atoms with E-state index < -0.39 is 18.5 Å². The molecule has 0 bridgehead atoms. The fraction of sp³-hybridized carbons (Fsp3) is 0.333. The largest absolute Gasteiger partial charge is 0.337 e. The van der Waals surface area contributed by atoms with Crippen LogP contribution in [-0.4, -0.2) is 54.6 Å². The monoisotopic (exact) mass is 465 g/mol. The summed E-state index contributed by atoms with van der Waals surface area (Å²) < 4.78 is 27.4. The molecular weight excluding hydrogens is 444 g/mol. The highest BCUT2D eigenvalue weighted by atomic mass is 79.9. The van der Waals surface area contributed by atoms with Crippen molar-refractivity contribution in [2.24, 2.45) is 0 Å². The van der Waals surface area contributed by atoms with Gasteiger partial charge < -0.3 is 15.1 Å². The van der Waals surface area contributed by atoms with E-state index in [-0.39, 0.29) is 11.9 Å². The van der Waals surface area contributed by atoms with Crippen molar-refractivity contribution in [3.05, 3.63) is 69.9 Å². The van der Waals surface area contributed by atoms with Gasteiger partial charge in [0.25, 0.3) is 5.91 Å². The highest BCUT2D eigenvalue weighted by Crippen LogP contribution is 2.19. The summed E-state index contributed by atoms with van der Waals surface area (Å²) in [5.74, 6) is -0.587. The quantitative estimate of drug-likeness (QED) is 0.736. The highest BCUT2D eigenvalue weighted by molar-refractivity contribution is 9.10. The Hall–Kier alpha value is -2.48. The first-order valence-corrected chi connectivity index (χ1v) is 10.2. The molecule has 1 saturated heterocycles. The minimum absolute atomic E-state index is 0.192. The number of amides is 3. The van der Waals surface area contributed by atoms with Gasteiger partial charge in [-0.05, 0) is 48.4 Å². The summed E-state index contributed by atoms with van der Waals surface area (Å²) in [6.45, 7) is 0.955. The molecule has 2 aromatic rings. The minimum atomic E-state index is -0.736. The van der Waals surface area contributed by atoms with Crippen molar-refractivity contribution in [1.29, 1.82) is 0 Å². The summed E-state index contributed by atoms with van der Waals surface area (Å²) in [6.07, 6.45) is 0.609. The van der Waals surface area contributed by atoms with E-state index in [0.717, 1.165) is 4.47 Å². The van der Waals surface area contributed by atoms with Gasteiger partial charge in [-0.1, -0.05) is 28.1 Å². The topological polar surface area (TPSA) is 52.7 Å². The number of carbonyl (C=O) groups is 2. The van der Waals surface area contributed by atoms with Crippen LogP contribution in [0.3, 0.4) is 0 Å². The number of carbonyl (C=O) groups excluding carboxylic acids is 2. The molecule has 29 heavy (non-hydrogen) atoms. The molecular formula is C21H22BrF2N3O2. The van der Waals surface area contributed by atoms with E-state index in [9.17, 15) is 18.4 Å². The first-order chi connectivity index (χ1) is 14.0. The third-order valence-corrected chi connectivity index (χ3v) is 5.36. The molecule has 1 aliphatic heterocycles. The maximum absolute atomic E-state index is 13.5. The normalized spacial score (nSPS) is 15.6. The Bertz CT molecular complexity index is 863. The van der Waals surface area contributed by atoms with Gasteiger partial charge in [-0.15, -0.1) is 0 Å². The van der Waals surface area contributed by atoms with Crippen LogP contribution >= 0.6 is 15.9 Å². The van der Waals surface area contributed by atoms with Crippen LogP contribution in [0.2, 0.25) is 0 Å². The minimum Gasteiger partial charge on any atom is -0.337 e. The van der Waals surface area contributed by atoms with Crippen LogP contribution in [-0.2, 0) is 0 Å². The van der Waals surface area contributed by atoms with E-state index in [4.69, 9.17) is 0 Å². The summed E-state index contributed by atoms with van der Waals surface area (Å²) in [7, 11) is 0. The SMILES string of the molecule is O=C(NC(CF)c1cccc(Br)c1)N1CCCN(C(=O)c2ccc(F)cc2)CC1. The van der Waals surface area contributed by atoms with E-state index in [0.29, 0.717) is 43.7 Å². The van der Waals surface area contributed by atoms with Gasteiger partial charge in [0.2, 0.25) is 0 Å². The fourth-order valence-corrected chi connectivity index (χ4v) is 3.69. The molecule has 1 fully saturated rings. The van der Waals surface area contributed by atoms with Crippen molar-refractivity contribution in [2.75, 3.05) is 32.9 Å². The van der Waals surface area contributed by atoms with Crippen LogP contribution in [0.4, 0.5) is 13.6 Å². The van der Waals surface area contributed by atoms with Gasteiger partial charge in [0.15, 0.2) is 0 Å². The molecule has 3 rings (SSSR count). The summed E-state index contributed by atoms with van der Waals surface area (Å²) >= 11 is 3.35. The average Bonchev–Trinajstić information content (AvgIpc) is 2.98. The van der Waals surface area contributed by atoms with Crippen LogP contribution < -0.4 is 5.32 Å². The number of alkyl halides is 1. The van der Waals surface area contributed by atoms with Gasteiger partial charge in [0.05, 0.1) is 6.04 Å². The second kappa shape index (κ2) is 9.82. The lowest BCUT2D eigenvalue weighted by Gasteiger charge is -2.25. The molecule has 0 aromatic heterocycles. The van der Waals surface area contributed by atoms with Crippen molar-refractivity contribution < 1.29 is 18.4 Å². The molecule has 1 heterocycles. The third-order valence-electron chi connectivity index (χ3n) is 4.86. The number of benzene rings is 2. The van der Waals surface area contributed by atoms with Crippen molar-refractivity contribution >= 4 is 27.9 Å². The lowest BCUT2D eigenvalue weighted by Crippen LogP contribution is -2.44. The first-order valence-electron chi connectivity index (χ1n) is 9.39. The highest BCUT2D eigenvalue weighted by Gasteiger charge is 2.24. The second-order valence-electron chi connectivity index (χ2n) is 6.85. The Kier molecular flexibility index (Phi) is 7.19. The number of rotatable bonds is 4. The van der Waals surface area contributed by atoms with E-state index in [1.807, 2.05) is 6.07 Å². The van der Waals surface area contributed by atoms with Crippen LogP contribution in [0.25, 0.3) is 0 Å². The Morgan fingerprint density at radius 2 is 1.72 bits per heavy atom. The molecule has 1 unspecified atom stereocenters. The summed E-state index contributed by atoms with van der Waals surface area (Å²) in [4.78, 5) is 28.5. The van der Waals surface area contributed by atoms with Crippen LogP contribution in [0.5, 0.6) is 0 Å². The maximum Gasteiger partial charge on any atom is 0.318 e. The molecule has 0 aliphatic carbocycles. The summed E-state index contributed by atoms with van der Waals surface area (Å²) in [5, 5.41) is 2.74. The Morgan fingerprint density at radius 3 is 2.41 bits per heavy atom. The van der Waals surface area contributed by atoms with Crippen molar-refractivity contribution in [3.63, 3.8) is 0 Å². The number of halogens is 3. The fourth-order valence-electron chi connectivity index (χ4n) is 3.27. The summed E-state index contributed by atoms with van der Waals surface area (Å²) in [6, 6.07) is 11.5. The van der Waals surface area contributed by atoms with Gasteiger partial charge in [0.1, 0.15) is 12.5 Å². The number of urea groups is 1. The molecule has 8 heteroatoms. The van der Waals surface area contributed by atoms with E-state index in [2.05, 4.69) is 21.2 Å². The molecule has 154 valence electrons. The van der Waals surface area contributed by atoms with Crippen LogP contribution in [0.15, 0.2) is 53.0 Å². The molecule has 1 aliphatic rings. The molecule has 5 nitrogen and oxygen atoms in total.